The van der Waals surface area contributed by atoms with Gasteiger partial charge in [-0.25, -0.2) is 14.8 Å². The molecule has 0 aromatic carbocycles. The van der Waals surface area contributed by atoms with E-state index in [4.69, 9.17) is 15.9 Å². The SMILES string of the molecule is Nc1ncnc(NC(CC(=O)O)C(=O)O)c1[N+](=O)[O-]. The molecule has 0 spiro atoms. The van der Waals surface area contributed by atoms with Crippen molar-refractivity contribution in [2.75, 3.05) is 11.1 Å². The second-order valence-electron chi connectivity index (χ2n) is 3.35. The van der Waals surface area contributed by atoms with E-state index in [0.29, 0.717) is 0 Å². The summed E-state index contributed by atoms with van der Waals surface area (Å²) in [6.07, 6.45) is 0.112. The van der Waals surface area contributed by atoms with Crippen LogP contribution in [0.4, 0.5) is 17.3 Å². The Kier molecular flexibility index (Phi) is 4.13. The first-order chi connectivity index (χ1) is 8.82. The maximum absolute atomic E-state index is 10.8. The molecule has 11 heteroatoms. The van der Waals surface area contributed by atoms with Crippen LogP contribution in [0.15, 0.2) is 6.33 Å². The minimum atomic E-state index is -1.58. The highest BCUT2D eigenvalue weighted by molar-refractivity contribution is 5.84. The third-order valence-corrected chi connectivity index (χ3v) is 2.02. The van der Waals surface area contributed by atoms with E-state index in [1.165, 1.54) is 0 Å². The molecule has 1 aromatic heterocycles. The first kappa shape index (κ1) is 14.1. The molecule has 0 bridgehead atoms. The molecule has 11 nitrogen and oxygen atoms in total. The smallest absolute Gasteiger partial charge is 0.353 e. The first-order valence-electron chi connectivity index (χ1n) is 4.79. The normalized spacial score (nSPS) is 11.6. The maximum Gasteiger partial charge on any atom is 0.353 e. The third kappa shape index (κ3) is 3.49. The van der Waals surface area contributed by atoms with E-state index in [9.17, 15) is 19.7 Å². The van der Waals surface area contributed by atoms with E-state index >= 15 is 0 Å². The average Bonchev–Trinajstić information content (AvgIpc) is 2.26. The van der Waals surface area contributed by atoms with E-state index in [-0.39, 0.29) is 0 Å². The lowest BCUT2D eigenvalue weighted by molar-refractivity contribution is -0.383. The van der Waals surface area contributed by atoms with Gasteiger partial charge in [0.2, 0.25) is 11.6 Å². The number of nitrogen functional groups attached to an aromatic ring is 1. The van der Waals surface area contributed by atoms with E-state index in [1.807, 2.05) is 0 Å². The molecule has 5 N–H and O–H groups in total. The predicted molar refractivity (Wildman–Crippen MR) is 60.4 cm³/mol. The van der Waals surface area contributed by atoms with Gasteiger partial charge in [-0.1, -0.05) is 0 Å². The Labute approximate surface area is 105 Å². The molecule has 1 heterocycles. The highest BCUT2D eigenvalue weighted by Crippen LogP contribution is 2.27. The van der Waals surface area contributed by atoms with Crippen molar-refractivity contribution in [2.45, 2.75) is 12.5 Å². The largest absolute Gasteiger partial charge is 0.481 e. The van der Waals surface area contributed by atoms with Gasteiger partial charge >= 0.3 is 17.6 Å². The number of nitrogens with one attached hydrogen (secondary N) is 1. The predicted octanol–water partition coefficient (Wildman–Crippen LogP) is -0.693. The second-order valence-corrected chi connectivity index (χ2v) is 3.35. The van der Waals surface area contributed by atoms with Crippen molar-refractivity contribution in [2.24, 2.45) is 0 Å². The Morgan fingerprint density at radius 2 is 2.11 bits per heavy atom. The Hall–Kier alpha value is -2.98. The number of carboxylic acids is 2. The molecule has 1 aromatic rings. The van der Waals surface area contributed by atoms with E-state index in [0.717, 1.165) is 6.33 Å². The van der Waals surface area contributed by atoms with Crippen LogP contribution in [0.1, 0.15) is 6.42 Å². The van der Waals surface area contributed by atoms with Crippen molar-refractivity contribution in [3.63, 3.8) is 0 Å². The van der Waals surface area contributed by atoms with E-state index in [2.05, 4.69) is 15.3 Å². The highest BCUT2D eigenvalue weighted by atomic mass is 16.6. The maximum atomic E-state index is 10.8. The number of nitro groups is 1. The fraction of sp³-hybridized carbons (Fsp3) is 0.250. The summed E-state index contributed by atoms with van der Waals surface area (Å²) in [5.41, 5.74) is 4.57. The molecule has 0 aliphatic carbocycles. The topological polar surface area (TPSA) is 182 Å². The molecule has 0 fully saturated rings. The van der Waals surface area contributed by atoms with E-state index in [1.54, 1.807) is 0 Å². The van der Waals surface area contributed by atoms with Crippen LogP contribution in [0.25, 0.3) is 0 Å². The Balaban J connectivity index is 3.09. The van der Waals surface area contributed by atoms with Gasteiger partial charge in [0, 0.05) is 0 Å². The number of aromatic nitrogens is 2. The number of rotatable bonds is 6. The molecule has 1 unspecified atom stereocenters. The molecule has 1 atom stereocenters. The molecule has 0 saturated carbocycles. The molecule has 0 aliphatic rings. The molecular formula is C8H9N5O6. The first-order valence-corrected chi connectivity index (χ1v) is 4.79. The number of carboxylic acid groups (broad SMARTS) is 2. The van der Waals surface area contributed by atoms with Crippen molar-refractivity contribution in [3.05, 3.63) is 16.4 Å². The van der Waals surface area contributed by atoms with Crippen LogP contribution in [0.3, 0.4) is 0 Å². The van der Waals surface area contributed by atoms with Gasteiger partial charge in [-0.3, -0.25) is 14.9 Å². The summed E-state index contributed by atoms with van der Waals surface area (Å²) in [5.74, 6) is -3.79. The summed E-state index contributed by atoms with van der Waals surface area (Å²) in [5, 5.41) is 30.3. The van der Waals surface area contributed by atoms with Crippen LogP contribution in [0.2, 0.25) is 0 Å². The van der Waals surface area contributed by atoms with Crippen LogP contribution in [-0.2, 0) is 9.59 Å². The minimum absolute atomic E-state index is 0.453. The van der Waals surface area contributed by atoms with Gasteiger partial charge in [-0.2, -0.15) is 0 Å². The third-order valence-electron chi connectivity index (χ3n) is 2.02. The summed E-state index contributed by atoms with van der Waals surface area (Å²) in [6, 6.07) is -1.58. The summed E-state index contributed by atoms with van der Waals surface area (Å²) >= 11 is 0. The number of nitrogens with zero attached hydrogens (tertiary/aromatic N) is 3. The number of hydrogen-bond acceptors (Lipinski definition) is 8. The summed E-state index contributed by atoms with van der Waals surface area (Å²) in [6.45, 7) is 0. The number of aliphatic carboxylic acids is 2. The Bertz CT molecular complexity index is 532. The van der Waals surface area contributed by atoms with Gasteiger partial charge in [-0.15, -0.1) is 0 Å². The molecule has 19 heavy (non-hydrogen) atoms. The van der Waals surface area contributed by atoms with Crippen molar-refractivity contribution in [1.29, 1.82) is 0 Å². The fourth-order valence-corrected chi connectivity index (χ4v) is 1.22. The fourth-order valence-electron chi connectivity index (χ4n) is 1.22. The van der Waals surface area contributed by atoms with Crippen molar-refractivity contribution in [3.8, 4) is 0 Å². The van der Waals surface area contributed by atoms with E-state index < -0.39 is 46.6 Å². The second kappa shape index (κ2) is 5.57. The van der Waals surface area contributed by atoms with Crippen molar-refractivity contribution < 1.29 is 24.7 Å². The van der Waals surface area contributed by atoms with Crippen LogP contribution >= 0.6 is 0 Å². The monoisotopic (exact) mass is 271 g/mol. The summed E-state index contributed by atoms with van der Waals surface area (Å²) in [7, 11) is 0. The lowest BCUT2D eigenvalue weighted by Gasteiger charge is -2.12. The number of anilines is 2. The zero-order valence-corrected chi connectivity index (χ0v) is 9.31. The van der Waals surface area contributed by atoms with Gasteiger partial charge in [0.25, 0.3) is 0 Å². The molecule has 1 rings (SSSR count). The Morgan fingerprint density at radius 1 is 1.47 bits per heavy atom. The van der Waals surface area contributed by atoms with Crippen LogP contribution < -0.4 is 11.1 Å². The molecule has 0 aliphatic heterocycles. The van der Waals surface area contributed by atoms with Gasteiger partial charge in [-0.05, 0) is 0 Å². The van der Waals surface area contributed by atoms with Crippen molar-refractivity contribution >= 4 is 29.3 Å². The van der Waals surface area contributed by atoms with Gasteiger partial charge in [0.1, 0.15) is 12.4 Å². The quantitative estimate of drug-likeness (QED) is 0.381. The lowest BCUT2D eigenvalue weighted by Crippen LogP contribution is -2.32. The Morgan fingerprint density at radius 3 is 2.58 bits per heavy atom. The summed E-state index contributed by atoms with van der Waals surface area (Å²) < 4.78 is 0. The highest BCUT2D eigenvalue weighted by Gasteiger charge is 2.27. The van der Waals surface area contributed by atoms with Crippen molar-refractivity contribution in [1.82, 2.24) is 9.97 Å². The lowest BCUT2D eigenvalue weighted by atomic mass is 10.2. The van der Waals surface area contributed by atoms with Crippen LogP contribution in [-0.4, -0.2) is 43.1 Å². The van der Waals surface area contributed by atoms with Gasteiger partial charge < -0.3 is 21.3 Å². The summed E-state index contributed by atoms with van der Waals surface area (Å²) in [4.78, 5) is 38.1. The molecule has 0 amide bonds. The minimum Gasteiger partial charge on any atom is -0.481 e. The van der Waals surface area contributed by atoms with Crippen LogP contribution in [0.5, 0.6) is 0 Å². The molecular weight excluding hydrogens is 262 g/mol. The van der Waals surface area contributed by atoms with Gasteiger partial charge in [0.15, 0.2) is 0 Å². The zero-order chi connectivity index (χ0) is 14.6. The average molecular weight is 271 g/mol. The number of hydrogen-bond donors (Lipinski definition) is 4. The molecule has 0 saturated heterocycles. The van der Waals surface area contributed by atoms with Crippen LogP contribution in [0, 0.1) is 10.1 Å². The van der Waals surface area contributed by atoms with Gasteiger partial charge in [0.05, 0.1) is 11.3 Å². The number of nitrogens with two attached hydrogens (primary N) is 1. The molecule has 102 valence electrons. The standard InChI is InChI=1S/C8H9N5O6/c9-6-5(13(18)19)7(11-2-10-6)12-3(8(16)17)1-4(14)15/h2-3H,1H2,(H,14,15)(H,16,17)(H3,9,10,11,12). The number of carbonyl (C=O) groups is 2. The zero-order valence-electron chi connectivity index (χ0n) is 9.31. The molecule has 0 radical (unpaired) electrons.